The molecular weight excluding hydrogens is 156 g/mol. The second-order valence-corrected chi connectivity index (χ2v) is 2.53. The Morgan fingerprint density at radius 1 is 1.64 bits per heavy atom. The summed E-state index contributed by atoms with van der Waals surface area (Å²) in [5, 5.41) is 11.2. The molecule has 0 bridgehead atoms. The smallest absolute Gasteiger partial charge is 0.151 e. The third kappa shape index (κ3) is 3.15. The second kappa shape index (κ2) is 5.87. The summed E-state index contributed by atoms with van der Waals surface area (Å²) in [4.78, 5) is 4.00. The second-order valence-electron chi connectivity index (χ2n) is 1.59. The summed E-state index contributed by atoms with van der Waals surface area (Å²) in [6.45, 7) is 6.03. The lowest BCUT2D eigenvalue weighted by Crippen LogP contribution is -1.76. The van der Waals surface area contributed by atoms with Crippen LogP contribution in [0.25, 0.3) is 0 Å². The monoisotopic (exact) mass is 168 g/mol. The first-order valence-electron chi connectivity index (χ1n) is 3.71. The number of hydrogen-bond acceptors (Lipinski definition) is 3. The molecule has 0 saturated heterocycles. The van der Waals surface area contributed by atoms with Crippen LogP contribution >= 0.6 is 11.3 Å². The van der Waals surface area contributed by atoms with Gasteiger partial charge in [0.15, 0.2) is 5.69 Å². The molecule has 0 saturated carbocycles. The predicted octanol–water partition coefficient (Wildman–Crippen LogP) is 2.60. The van der Waals surface area contributed by atoms with Crippen molar-refractivity contribution in [1.82, 2.24) is 4.98 Å². The molecule has 0 aliphatic heterocycles. The lowest BCUT2D eigenvalue weighted by Gasteiger charge is -1.78. The molecule has 0 spiro atoms. The Hall–Kier alpha value is -0.880. The molecule has 2 nitrogen and oxygen atoms in total. The Balaban J connectivity index is 0.000000461. The van der Waals surface area contributed by atoms with E-state index in [1.54, 1.807) is 16.7 Å². The normalized spacial score (nSPS) is 7.82. The number of nitrogens with zero attached hydrogens (tertiary/aromatic N) is 2. The van der Waals surface area contributed by atoms with Gasteiger partial charge in [0.1, 0.15) is 6.07 Å². The summed E-state index contributed by atoms with van der Waals surface area (Å²) in [6, 6.07) is 1.98. The molecule has 0 aliphatic carbocycles. The van der Waals surface area contributed by atoms with Gasteiger partial charge in [0.2, 0.25) is 0 Å². The summed E-state index contributed by atoms with van der Waals surface area (Å²) in [5.74, 6) is 0. The Morgan fingerprint density at radius 2 is 2.27 bits per heavy atom. The third-order valence-corrected chi connectivity index (χ3v) is 1.96. The Labute approximate surface area is 71.5 Å². The first-order chi connectivity index (χ1) is 5.36. The molecule has 0 atom stereocenters. The molecule has 0 amide bonds. The molecule has 60 valence electrons. The van der Waals surface area contributed by atoms with E-state index >= 15 is 0 Å². The SMILES string of the molecule is CC.CCc1nc(C#N)cs1. The fourth-order valence-corrected chi connectivity index (χ4v) is 1.20. The number of aryl methyl sites for hydroxylation is 1. The lowest BCUT2D eigenvalue weighted by atomic mass is 10.5. The van der Waals surface area contributed by atoms with E-state index in [2.05, 4.69) is 4.98 Å². The minimum absolute atomic E-state index is 0.539. The standard InChI is InChI=1S/C6H6N2S.C2H6/c1-2-6-8-5(3-7)4-9-6;1-2/h4H,2H2,1H3;1-2H3. The van der Waals surface area contributed by atoms with Gasteiger partial charge in [-0.1, -0.05) is 20.8 Å². The summed E-state index contributed by atoms with van der Waals surface area (Å²) >= 11 is 1.54. The number of aromatic nitrogens is 1. The van der Waals surface area contributed by atoms with Gasteiger partial charge < -0.3 is 0 Å². The van der Waals surface area contributed by atoms with Gasteiger partial charge in [-0.15, -0.1) is 11.3 Å². The molecule has 0 N–H and O–H groups in total. The highest BCUT2D eigenvalue weighted by Gasteiger charge is 1.95. The molecule has 0 radical (unpaired) electrons. The third-order valence-electron chi connectivity index (χ3n) is 0.969. The number of hydrogen-bond donors (Lipinski definition) is 0. The van der Waals surface area contributed by atoms with Gasteiger partial charge in [-0.3, -0.25) is 0 Å². The van der Waals surface area contributed by atoms with Crippen molar-refractivity contribution in [2.45, 2.75) is 27.2 Å². The Bertz CT molecular complexity index is 234. The fraction of sp³-hybridized carbons (Fsp3) is 0.500. The van der Waals surface area contributed by atoms with Gasteiger partial charge in [-0.2, -0.15) is 5.26 Å². The maximum atomic E-state index is 8.34. The van der Waals surface area contributed by atoms with Crippen molar-refractivity contribution in [3.63, 3.8) is 0 Å². The maximum absolute atomic E-state index is 8.34. The van der Waals surface area contributed by atoms with Crippen molar-refractivity contribution < 1.29 is 0 Å². The Morgan fingerprint density at radius 3 is 2.55 bits per heavy atom. The van der Waals surface area contributed by atoms with E-state index in [1.807, 2.05) is 26.8 Å². The molecule has 1 aromatic heterocycles. The van der Waals surface area contributed by atoms with Crippen molar-refractivity contribution in [2.24, 2.45) is 0 Å². The summed E-state index contributed by atoms with van der Waals surface area (Å²) in [7, 11) is 0. The van der Waals surface area contributed by atoms with E-state index in [4.69, 9.17) is 5.26 Å². The minimum Gasteiger partial charge on any atom is -0.231 e. The molecule has 0 aromatic carbocycles. The molecule has 1 heterocycles. The quantitative estimate of drug-likeness (QED) is 0.646. The Kier molecular flexibility index (Phi) is 5.40. The average Bonchev–Trinajstić information content (AvgIpc) is 2.55. The maximum Gasteiger partial charge on any atom is 0.151 e. The van der Waals surface area contributed by atoms with Gasteiger partial charge in [-0.05, 0) is 6.42 Å². The largest absolute Gasteiger partial charge is 0.231 e. The highest BCUT2D eigenvalue weighted by atomic mass is 32.1. The summed E-state index contributed by atoms with van der Waals surface area (Å²) in [6.07, 6.45) is 0.923. The van der Waals surface area contributed by atoms with Crippen molar-refractivity contribution in [1.29, 1.82) is 5.26 Å². The highest BCUT2D eigenvalue weighted by molar-refractivity contribution is 7.09. The van der Waals surface area contributed by atoms with Crippen LogP contribution in [0.5, 0.6) is 0 Å². The lowest BCUT2D eigenvalue weighted by molar-refractivity contribution is 1.08. The number of nitriles is 1. The van der Waals surface area contributed by atoms with E-state index in [0.717, 1.165) is 11.4 Å². The molecule has 3 heteroatoms. The van der Waals surface area contributed by atoms with E-state index in [-0.39, 0.29) is 0 Å². The van der Waals surface area contributed by atoms with E-state index in [1.165, 1.54) is 0 Å². The van der Waals surface area contributed by atoms with Gasteiger partial charge in [0.05, 0.1) is 5.01 Å². The summed E-state index contributed by atoms with van der Waals surface area (Å²) < 4.78 is 0. The first-order valence-corrected chi connectivity index (χ1v) is 4.59. The summed E-state index contributed by atoms with van der Waals surface area (Å²) in [5.41, 5.74) is 0.539. The zero-order valence-corrected chi connectivity index (χ0v) is 7.90. The van der Waals surface area contributed by atoms with E-state index < -0.39 is 0 Å². The molecule has 0 fully saturated rings. The molecular formula is C8H12N2S. The van der Waals surface area contributed by atoms with Gasteiger partial charge >= 0.3 is 0 Å². The fourth-order valence-electron chi connectivity index (χ4n) is 0.525. The molecule has 1 rings (SSSR count). The minimum atomic E-state index is 0.539. The van der Waals surface area contributed by atoms with Crippen LogP contribution in [-0.4, -0.2) is 4.98 Å². The van der Waals surface area contributed by atoms with Crippen molar-refractivity contribution in [2.75, 3.05) is 0 Å². The van der Waals surface area contributed by atoms with Gasteiger partial charge in [0.25, 0.3) is 0 Å². The average molecular weight is 168 g/mol. The van der Waals surface area contributed by atoms with E-state index in [0.29, 0.717) is 5.69 Å². The van der Waals surface area contributed by atoms with Crippen LogP contribution < -0.4 is 0 Å². The first kappa shape index (κ1) is 10.1. The van der Waals surface area contributed by atoms with Crippen molar-refractivity contribution in [3.05, 3.63) is 16.1 Å². The van der Waals surface area contributed by atoms with Crippen LogP contribution in [0.2, 0.25) is 0 Å². The topological polar surface area (TPSA) is 36.7 Å². The highest BCUT2D eigenvalue weighted by Crippen LogP contribution is 2.08. The van der Waals surface area contributed by atoms with Crippen LogP contribution in [0, 0.1) is 11.3 Å². The molecule has 11 heavy (non-hydrogen) atoms. The predicted molar refractivity (Wildman–Crippen MR) is 47.6 cm³/mol. The number of thiazole rings is 1. The van der Waals surface area contributed by atoms with Crippen LogP contribution in [0.3, 0.4) is 0 Å². The van der Waals surface area contributed by atoms with Crippen LogP contribution in [0.1, 0.15) is 31.5 Å². The zero-order chi connectivity index (χ0) is 8.69. The van der Waals surface area contributed by atoms with Crippen LogP contribution in [-0.2, 0) is 6.42 Å². The molecule has 0 unspecified atom stereocenters. The van der Waals surface area contributed by atoms with E-state index in [9.17, 15) is 0 Å². The zero-order valence-electron chi connectivity index (χ0n) is 7.09. The van der Waals surface area contributed by atoms with Crippen molar-refractivity contribution >= 4 is 11.3 Å². The van der Waals surface area contributed by atoms with Gasteiger partial charge in [0, 0.05) is 5.38 Å². The molecule has 1 aromatic rings. The molecule has 0 aliphatic rings. The number of rotatable bonds is 1. The van der Waals surface area contributed by atoms with Crippen molar-refractivity contribution in [3.8, 4) is 6.07 Å². The van der Waals surface area contributed by atoms with Crippen LogP contribution in [0.15, 0.2) is 5.38 Å². The van der Waals surface area contributed by atoms with Crippen LogP contribution in [0.4, 0.5) is 0 Å². The van der Waals surface area contributed by atoms with Gasteiger partial charge in [-0.25, -0.2) is 4.98 Å².